The Kier molecular flexibility index (Phi) is 7.93. The fraction of sp³-hybridized carbons (Fsp3) is 0.444. The predicted octanol–water partition coefficient (Wildman–Crippen LogP) is 2.98. The van der Waals surface area contributed by atoms with Gasteiger partial charge in [-0.15, -0.1) is 24.8 Å². The second kappa shape index (κ2) is 9.22. The molecular weight excluding hydrogens is 359 g/mol. The van der Waals surface area contributed by atoms with Crippen LogP contribution in [0.2, 0.25) is 0 Å². The van der Waals surface area contributed by atoms with E-state index >= 15 is 0 Å². The Bertz CT molecular complexity index is 679. The lowest BCUT2D eigenvalue weighted by atomic mass is 9.92. The molecule has 5 nitrogen and oxygen atoms in total. The average molecular weight is 385 g/mol. The van der Waals surface area contributed by atoms with Crippen LogP contribution in [0.4, 0.5) is 0 Å². The molecule has 2 heterocycles. The number of carbonyl (C=O) groups is 1. The van der Waals surface area contributed by atoms with Crippen molar-refractivity contribution < 1.29 is 4.79 Å². The van der Waals surface area contributed by atoms with Crippen molar-refractivity contribution in [1.29, 1.82) is 0 Å². The first-order chi connectivity index (χ1) is 11.1. The molecule has 1 fully saturated rings. The van der Waals surface area contributed by atoms with Gasteiger partial charge in [0.15, 0.2) is 0 Å². The van der Waals surface area contributed by atoms with Gasteiger partial charge in [0.25, 0.3) is 0 Å². The van der Waals surface area contributed by atoms with E-state index in [0.29, 0.717) is 5.92 Å². The Balaban J connectivity index is 0.00000156. The molecule has 1 atom stereocenters. The van der Waals surface area contributed by atoms with Crippen LogP contribution < -0.4 is 5.73 Å². The van der Waals surface area contributed by atoms with Crippen molar-refractivity contribution >= 4 is 30.7 Å². The van der Waals surface area contributed by atoms with Crippen molar-refractivity contribution in [2.75, 3.05) is 13.1 Å². The molecule has 1 unspecified atom stereocenters. The largest absolute Gasteiger partial charge is 0.341 e. The molecule has 1 saturated heterocycles. The monoisotopic (exact) mass is 384 g/mol. The predicted molar refractivity (Wildman–Crippen MR) is 104 cm³/mol. The maximum atomic E-state index is 12.6. The number of likely N-dealkylation sites (tertiary alicyclic amines) is 1. The molecule has 2 N–H and O–H groups in total. The van der Waals surface area contributed by atoms with E-state index < -0.39 is 6.04 Å². The van der Waals surface area contributed by atoms with Crippen molar-refractivity contribution in [3.8, 4) is 0 Å². The number of hydrogen-bond donors (Lipinski definition) is 1. The minimum Gasteiger partial charge on any atom is -0.341 e. The van der Waals surface area contributed by atoms with Gasteiger partial charge in [0.1, 0.15) is 6.04 Å². The molecule has 1 aliphatic heterocycles. The zero-order valence-corrected chi connectivity index (χ0v) is 16.2. The summed E-state index contributed by atoms with van der Waals surface area (Å²) in [5, 5.41) is 4.24. The van der Waals surface area contributed by atoms with Crippen LogP contribution in [-0.2, 0) is 11.8 Å². The second-order valence-corrected chi connectivity index (χ2v) is 6.37. The van der Waals surface area contributed by atoms with Crippen molar-refractivity contribution in [2.45, 2.75) is 31.7 Å². The summed E-state index contributed by atoms with van der Waals surface area (Å²) in [6.45, 7) is 3.54. The van der Waals surface area contributed by atoms with E-state index in [1.54, 1.807) is 0 Å². The first-order valence-electron chi connectivity index (χ1n) is 8.15. The quantitative estimate of drug-likeness (QED) is 0.884. The highest BCUT2D eigenvalue weighted by molar-refractivity contribution is 5.85. The van der Waals surface area contributed by atoms with E-state index in [9.17, 15) is 4.79 Å². The van der Waals surface area contributed by atoms with Crippen LogP contribution in [-0.4, -0.2) is 33.7 Å². The fourth-order valence-corrected chi connectivity index (χ4v) is 3.29. The first-order valence-corrected chi connectivity index (χ1v) is 8.15. The molecule has 1 aromatic heterocycles. The summed E-state index contributed by atoms with van der Waals surface area (Å²) in [5.74, 6) is 0.499. The van der Waals surface area contributed by atoms with E-state index in [-0.39, 0.29) is 30.7 Å². The SMILES string of the molecule is Cc1ccc(C(N)C(=O)N2CCC(c3ccnn3C)CC2)cc1.Cl.Cl. The maximum Gasteiger partial charge on any atom is 0.244 e. The minimum absolute atomic E-state index is 0. The van der Waals surface area contributed by atoms with Crippen molar-refractivity contribution in [3.63, 3.8) is 0 Å². The van der Waals surface area contributed by atoms with Gasteiger partial charge in [-0.1, -0.05) is 29.8 Å². The molecule has 0 aliphatic carbocycles. The highest BCUT2D eigenvalue weighted by atomic mass is 35.5. The summed E-state index contributed by atoms with van der Waals surface area (Å²) in [4.78, 5) is 14.5. The van der Waals surface area contributed by atoms with Gasteiger partial charge in [0, 0.05) is 37.9 Å². The molecule has 2 aromatic rings. The van der Waals surface area contributed by atoms with Gasteiger partial charge in [-0.2, -0.15) is 5.10 Å². The van der Waals surface area contributed by atoms with Crippen LogP contribution in [0, 0.1) is 6.92 Å². The van der Waals surface area contributed by atoms with Crippen LogP contribution in [0.25, 0.3) is 0 Å². The molecule has 25 heavy (non-hydrogen) atoms. The molecule has 0 bridgehead atoms. The molecule has 1 amide bonds. The van der Waals surface area contributed by atoms with Crippen molar-refractivity contribution in [2.24, 2.45) is 12.8 Å². The zero-order valence-electron chi connectivity index (χ0n) is 14.6. The number of aromatic nitrogens is 2. The molecule has 7 heteroatoms. The first kappa shape index (κ1) is 21.5. The number of benzene rings is 1. The third-order valence-corrected chi connectivity index (χ3v) is 4.79. The topological polar surface area (TPSA) is 64.2 Å². The van der Waals surface area contributed by atoms with Gasteiger partial charge < -0.3 is 10.6 Å². The molecular formula is C18H26Cl2N4O. The van der Waals surface area contributed by atoms with Crippen LogP contribution >= 0.6 is 24.8 Å². The van der Waals surface area contributed by atoms with Crippen LogP contribution in [0.1, 0.15) is 41.6 Å². The molecule has 1 aromatic carbocycles. The highest BCUT2D eigenvalue weighted by Gasteiger charge is 2.28. The van der Waals surface area contributed by atoms with Crippen LogP contribution in [0.5, 0.6) is 0 Å². The number of aryl methyl sites for hydroxylation is 2. The number of piperidine rings is 1. The molecule has 0 spiro atoms. The fourth-order valence-electron chi connectivity index (χ4n) is 3.29. The van der Waals surface area contributed by atoms with Crippen molar-refractivity contribution in [3.05, 3.63) is 53.3 Å². The zero-order chi connectivity index (χ0) is 16.4. The summed E-state index contributed by atoms with van der Waals surface area (Å²) in [6.07, 6.45) is 3.76. The van der Waals surface area contributed by atoms with Gasteiger partial charge in [-0.05, 0) is 31.4 Å². The summed E-state index contributed by atoms with van der Waals surface area (Å²) < 4.78 is 1.93. The number of halogens is 2. The number of carbonyl (C=O) groups excluding carboxylic acids is 1. The number of hydrogen-bond acceptors (Lipinski definition) is 3. The Hall–Kier alpha value is -1.56. The van der Waals surface area contributed by atoms with E-state index in [1.165, 1.54) is 11.3 Å². The molecule has 1 aliphatic rings. The van der Waals surface area contributed by atoms with Crippen LogP contribution in [0.15, 0.2) is 36.5 Å². The summed E-state index contributed by atoms with van der Waals surface area (Å²) >= 11 is 0. The number of nitrogens with zero attached hydrogens (tertiary/aromatic N) is 3. The number of rotatable bonds is 3. The summed E-state index contributed by atoms with van der Waals surface area (Å²) in [6, 6.07) is 9.39. The molecule has 138 valence electrons. The molecule has 0 saturated carbocycles. The highest BCUT2D eigenvalue weighted by Crippen LogP contribution is 2.28. The van der Waals surface area contributed by atoms with Gasteiger partial charge in [0.2, 0.25) is 5.91 Å². The Morgan fingerprint density at radius 1 is 1.16 bits per heavy atom. The van der Waals surface area contributed by atoms with E-state index in [1.807, 2.05) is 54.0 Å². The molecule has 3 rings (SSSR count). The summed E-state index contributed by atoms with van der Waals surface area (Å²) in [5.41, 5.74) is 9.47. The smallest absolute Gasteiger partial charge is 0.244 e. The number of nitrogens with two attached hydrogens (primary N) is 1. The minimum atomic E-state index is -0.566. The Morgan fingerprint density at radius 2 is 1.76 bits per heavy atom. The lowest BCUT2D eigenvalue weighted by Gasteiger charge is -2.33. The van der Waals surface area contributed by atoms with Crippen molar-refractivity contribution in [1.82, 2.24) is 14.7 Å². The van der Waals surface area contributed by atoms with E-state index in [0.717, 1.165) is 31.5 Å². The lowest BCUT2D eigenvalue weighted by Crippen LogP contribution is -2.43. The standard InChI is InChI=1S/C18H24N4O.2ClH/c1-13-3-5-15(6-4-13)17(19)18(23)22-11-8-14(9-12-22)16-7-10-20-21(16)2;;/h3-7,10,14,17H,8-9,11-12,19H2,1-2H3;2*1H. The Labute approximate surface area is 161 Å². The summed E-state index contributed by atoms with van der Waals surface area (Å²) in [7, 11) is 1.97. The molecule has 0 radical (unpaired) electrons. The van der Waals surface area contributed by atoms with Crippen LogP contribution in [0.3, 0.4) is 0 Å². The van der Waals surface area contributed by atoms with Gasteiger partial charge in [0.05, 0.1) is 0 Å². The van der Waals surface area contributed by atoms with E-state index in [2.05, 4.69) is 11.2 Å². The maximum absolute atomic E-state index is 12.6. The third-order valence-electron chi connectivity index (χ3n) is 4.79. The van der Waals surface area contributed by atoms with Gasteiger partial charge in [-0.25, -0.2) is 0 Å². The van der Waals surface area contributed by atoms with Gasteiger partial charge >= 0.3 is 0 Å². The lowest BCUT2D eigenvalue weighted by molar-refractivity contribution is -0.133. The van der Waals surface area contributed by atoms with E-state index in [4.69, 9.17) is 5.73 Å². The van der Waals surface area contributed by atoms with Gasteiger partial charge in [-0.3, -0.25) is 9.48 Å². The number of amides is 1. The average Bonchev–Trinajstić information content (AvgIpc) is 3.00. The Morgan fingerprint density at radius 3 is 2.28 bits per heavy atom. The third kappa shape index (κ3) is 4.75. The second-order valence-electron chi connectivity index (χ2n) is 6.37. The normalized spacial score (nSPS) is 15.9.